The first-order chi connectivity index (χ1) is 10.2. The van der Waals surface area contributed by atoms with Gasteiger partial charge in [-0.1, -0.05) is 24.9 Å². The zero-order chi connectivity index (χ0) is 14.8. The van der Waals surface area contributed by atoms with Crippen LogP contribution < -0.4 is 0 Å². The third-order valence-electron chi connectivity index (χ3n) is 3.55. The van der Waals surface area contributed by atoms with Gasteiger partial charge >= 0.3 is 0 Å². The van der Waals surface area contributed by atoms with E-state index in [2.05, 4.69) is 16.5 Å². The van der Waals surface area contributed by atoms with Crippen molar-refractivity contribution in [3.05, 3.63) is 53.3 Å². The Kier molecular flexibility index (Phi) is 3.93. The van der Waals surface area contributed by atoms with Crippen molar-refractivity contribution in [2.75, 3.05) is 0 Å². The summed E-state index contributed by atoms with van der Waals surface area (Å²) in [6.07, 6.45) is 2.16. The molecule has 0 aliphatic carbocycles. The van der Waals surface area contributed by atoms with E-state index < -0.39 is 0 Å². The predicted molar refractivity (Wildman–Crippen MR) is 85.0 cm³/mol. The third kappa shape index (κ3) is 2.79. The zero-order valence-corrected chi connectivity index (χ0v) is 12.6. The van der Waals surface area contributed by atoms with Crippen LogP contribution in [0, 0.1) is 5.82 Å². The molecule has 2 aromatic carbocycles. The van der Waals surface area contributed by atoms with Gasteiger partial charge in [0.05, 0.1) is 11.0 Å². The molecule has 0 atom stereocenters. The van der Waals surface area contributed by atoms with E-state index in [0.29, 0.717) is 5.02 Å². The minimum atomic E-state index is -0.238. The average molecular weight is 303 g/mol. The van der Waals surface area contributed by atoms with Crippen LogP contribution >= 0.6 is 11.6 Å². The van der Waals surface area contributed by atoms with Gasteiger partial charge < -0.3 is 4.57 Å². The van der Waals surface area contributed by atoms with Crippen molar-refractivity contribution in [2.45, 2.75) is 26.3 Å². The van der Waals surface area contributed by atoms with Crippen molar-refractivity contribution < 1.29 is 4.39 Å². The van der Waals surface area contributed by atoms with Gasteiger partial charge in [-0.15, -0.1) is 0 Å². The molecule has 0 aliphatic rings. The van der Waals surface area contributed by atoms with Crippen LogP contribution in [-0.2, 0) is 6.54 Å². The standard InChI is InChI=1S/C17H16ClFN2/c1-2-3-10-21-16-11-13(18)6-9-15(16)20-17(21)12-4-7-14(19)8-5-12/h4-9,11H,2-3,10H2,1H3. The first-order valence-electron chi connectivity index (χ1n) is 7.11. The van der Waals surface area contributed by atoms with Gasteiger partial charge in [0.1, 0.15) is 11.6 Å². The molecule has 0 spiro atoms. The van der Waals surface area contributed by atoms with E-state index in [1.54, 1.807) is 12.1 Å². The van der Waals surface area contributed by atoms with Crippen molar-refractivity contribution in [3.63, 3.8) is 0 Å². The lowest BCUT2D eigenvalue weighted by atomic mass is 10.2. The monoisotopic (exact) mass is 302 g/mol. The summed E-state index contributed by atoms with van der Waals surface area (Å²) in [4.78, 5) is 4.69. The Hall–Kier alpha value is -1.87. The van der Waals surface area contributed by atoms with Crippen LogP contribution in [0.4, 0.5) is 4.39 Å². The van der Waals surface area contributed by atoms with Gasteiger partial charge in [0, 0.05) is 17.1 Å². The summed E-state index contributed by atoms with van der Waals surface area (Å²) >= 11 is 6.11. The molecular weight excluding hydrogens is 287 g/mol. The highest BCUT2D eigenvalue weighted by molar-refractivity contribution is 6.31. The minimum absolute atomic E-state index is 0.238. The van der Waals surface area contributed by atoms with E-state index in [1.807, 2.05) is 18.2 Å². The second-order valence-electron chi connectivity index (χ2n) is 5.08. The van der Waals surface area contributed by atoms with E-state index in [9.17, 15) is 4.39 Å². The number of imidazole rings is 1. The number of rotatable bonds is 4. The first-order valence-corrected chi connectivity index (χ1v) is 7.48. The second-order valence-corrected chi connectivity index (χ2v) is 5.52. The minimum Gasteiger partial charge on any atom is -0.324 e. The number of unbranched alkanes of at least 4 members (excludes halogenated alkanes) is 1. The first kappa shape index (κ1) is 14.1. The Morgan fingerprint density at radius 1 is 1.14 bits per heavy atom. The zero-order valence-electron chi connectivity index (χ0n) is 11.8. The summed E-state index contributed by atoms with van der Waals surface area (Å²) in [6, 6.07) is 12.2. The summed E-state index contributed by atoms with van der Waals surface area (Å²) in [5, 5.41) is 0.700. The third-order valence-corrected chi connectivity index (χ3v) is 3.78. The Morgan fingerprint density at radius 3 is 2.62 bits per heavy atom. The molecule has 1 aromatic heterocycles. The molecule has 0 saturated carbocycles. The van der Waals surface area contributed by atoms with Gasteiger partial charge in [-0.3, -0.25) is 0 Å². The summed E-state index contributed by atoms with van der Waals surface area (Å²) in [6.45, 7) is 3.03. The van der Waals surface area contributed by atoms with E-state index >= 15 is 0 Å². The van der Waals surface area contributed by atoms with Gasteiger partial charge in [0.25, 0.3) is 0 Å². The van der Waals surface area contributed by atoms with Crippen LogP contribution in [-0.4, -0.2) is 9.55 Å². The number of nitrogens with zero attached hydrogens (tertiary/aromatic N) is 2. The average Bonchev–Trinajstić information content (AvgIpc) is 2.83. The van der Waals surface area contributed by atoms with Gasteiger partial charge in [0.2, 0.25) is 0 Å². The fraction of sp³-hybridized carbons (Fsp3) is 0.235. The smallest absolute Gasteiger partial charge is 0.141 e. The van der Waals surface area contributed by atoms with Crippen LogP contribution in [0.1, 0.15) is 19.8 Å². The molecule has 0 amide bonds. The topological polar surface area (TPSA) is 17.8 Å². The molecule has 3 rings (SSSR count). The SMILES string of the molecule is CCCCn1c(-c2ccc(F)cc2)nc2ccc(Cl)cc21. The maximum absolute atomic E-state index is 13.1. The van der Waals surface area contributed by atoms with E-state index in [0.717, 1.165) is 41.8 Å². The Balaban J connectivity index is 2.18. The maximum Gasteiger partial charge on any atom is 0.141 e. The van der Waals surface area contributed by atoms with Crippen LogP contribution in [0.3, 0.4) is 0 Å². The summed E-state index contributed by atoms with van der Waals surface area (Å²) in [5.41, 5.74) is 2.85. The van der Waals surface area contributed by atoms with E-state index in [1.165, 1.54) is 12.1 Å². The molecule has 108 valence electrons. The van der Waals surface area contributed by atoms with Crippen molar-refractivity contribution >= 4 is 22.6 Å². The van der Waals surface area contributed by atoms with Crippen LogP contribution in [0.25, 0.3) is 22.4 Å². The highest BCUT2D eigenvalue weighted by Gasteiger charge is 2.12. The van der Waals surface area contributed by atoms with Crippen molar-refractivity contribution in [3.8, 4) is 11.4 Å². The number of hydrogen-bond acceptors (Lipinski definition) is 1. The number of aryl methyl sites for hydroxylation is 1. The Bertz CT molecular complexity index is 762. The molecule has 0 radical (unpaired) electrons. The van der Waals surface area contributed by atoms with Crippen molar-refractivity contribution in [1.82, 2.24) is 9.55 Å². The van der Waals surface area contributed by atoms with Gasteiger partial charge in [-0.25, -0.2) is 9.37 Å². The van der Waals surface area contributed by atoms with Crippen molar-refractivity contribution in [2.24, 2.45) is 0 Å². The largest absolute Gasteiger partial charge is 0.324 e. The summed E-state index contributed by atoms with van der Waals surface area (Å²) in [7, 11) is 0. The maximum atomic E-state index is 13.1. The number of halogens is 2. The summed E-state index contributed by atoms with van der Waals surface area (Å²) < 4.78 is 15.3. The van der Waals surface area contributed by atoms with Gasteiger partial charge in [-0.2, -0.15) is 0 Å². The predicted octanol–water partition coefficient (Wildman–Crippen LogP) is 5.30. The number of aromatic nitrogens is 2. The van der Waals surface area contributed by atoms with E-state index in [-0.39, 0.29) is 5.82 Å². The van der Waals surface area contributed by atoms with Gasteiger partial charge in [-0.05, 0) is 48.9 Å². The molecule has 0 fully saturated rings. The molecule has 0 aliphatic heterocycles. The molecule has 1 heterocycles. The van der Waals surface area contributed by atoms with Gasteiger partial charge in [0.15, 0.2) is 0 Å². The number of benzene rings is 2. The molecule has 3 aromatic rings. The molecule has 0 saturated heterocycles. The Labute approximate surface area is 128 Å². The molecule has 4 heteroatoms. The highest BCUT2D eigenvalue weighted by atomic mass is 35.5. The lowest BCUT2D eigenvalue weighted by molar-refractivity contribution is 0.627. The number of fused-ring (bicyclic) bond motifs is 1. The normalized spacial score (nSPS) is 11.2. The fourth-order valence-corrected chi connectivity index (χ4v) is 2.62. The molecule has 21 heavy (non-hydrogen) atoms. The molecule has 0 unspecified atom stereocenters. The Morgan fingerprint density at radius 2 is 1.90 bits per heavy atom. The van der Waals surface area contributed by atoms with E-state index in [4.69, 9.17) is 11.6 Å². The molecule has 0 bridgehead atoms. The summed E-state index contributed by atoms with van der Waals surface area (Å²) in [5.74, 6) is 0.624. The molecule has 2 nitrogen and oxygen atoms in total. The quantitative estimate of drug-likeness (QED) is 0.640. The lowest BCUT2D eigenvalue weighted by Gasteiger charge is -2.08. The highest BCUT2D eigenvalue weighted by Crippen LogP contribution is 2.27. The van der Waals surface area contributed by atoms with Crippen LogP contribution in [0.15, 0.2) is 42.5 Å². The van der Waals surface area contributed by atoms with Crippen LogP contribution in [0.5, 0.6) is 0 Å². The lowest BCUT2D eigenvalue weighted by Crippen LogP contribution is -2.00. The molecule has 0 N–H and O–H groups in total. The van der Waals surface area contributed by atoms with Crippen LogP contribution in [0.2, 0.25) is 5.02 Å². The van der Waals surface area contributed by atoms with Crippen molar-refractivity contribution in [1.29, 1.82) is 0 Å². The number of hydrogen-bond donors (Lipinski definition) is 0. The second kappa shape index (κ2) is 5.86. The fourth-order valence-electron chi connectivity index (χ4n) is 2.46. The molecular formula is C17H16ClFN2.